The van der Waals surface area contributed by atoms with Gasteiger partial charge in [-0.1, -0.05) is 25.8 Å². The molecule has 15 heavy (non-hydrogen) atoms. The van der Waals surface area contributed by atoms with Crippen molar-refractivity contribution in [3.05, 3.63) is 41.9 Å². The predicted octanol–water partition coefficient (Wildman–Crippen LogP) is -2.93. The van der Waals surface area contributed by atoms with E-state index >= 15 is 0 Å². The second-order valence-electron chi connectivity index (χ2n) is 3.13. The standard InChI is InChI=1S/C11H11O.2ClH.Zr/c1-8-6-9(2)10(7-8)11-4-3-5-12-11;;;/h3-6,8H,1-2H3;2*1H;/q-1;;;+3/p-2. The van der Waals surface area contributed by atoms with Gasteiger partial charge in [0.15, 0.2) is 0 Å². The van der Waals surface area contributed by atoms with E-state index in [0.717, 1.165) is 11.3 Å². The van der Waals surface area contributed by atoms with E-state index in [1.165, 1.54) is 5.57 Å². The molecule has 1 atom stereocenters. The van der Waals surface area contributed by atoms with E-state index in [-0.39, 0.29) is 51.0 Å². The molecule has 1 radical (unpaired) electrons. The van der Waals surface area contributed by atoms with Gasteiger partial charge >= 0.3 is 26.2 Å². The summed E-state index contributed by atoms with van der Waals surface area (Å²) in [6.45, 7) is 4.22. The molecule has 0 N–H and O–H groups in total. The maximum absolute atomic E-state index is 5.30. The Hall–Kier alpha value is 0.223. The molecular formula is C11H11Cl2OZr. The Kier molecular flexibility index (Phi) is 8.79. The molecule has 0 saturated carbocycles. The minimum atomic E-state index is 0. The SMILES string of the molecule is CC1=CC(C)[C-]=C1c1ccco1.[Cl-].[Cl-].[Zr+3]. The van der Waals surface area contributed by atoms with E-state index in [9.17, 15) is 0 Å². The summed E-state index contributed by atoms with van der Waals surface area (Å²) in [6, 6.07) is 3.87. The van der Waals surface area contributed by atoms with E-state index in [1.54, 1.807) is 6.26 Å². The van der Waals surface area contributed by atoms with Crippen LogP contribution in [0.2, 0.25) is 0 Å². The maximum atomic E-state index is 5.30. The first-order chi connectivity index (χ1) is 5.77. The first kappa shape index (κ1) is 17.6. The number of halogens is 2. The van der Waals surface area contributed by atoms with Crippen LogP contribution >= 0.6 is 0 Å². The van der Waals surface area contributed by atoms with Gasteiger partial charge in [0, 0.05) is 5.76 Å². The maximum Gasteiger partial charge on any atom is 3.00 e. The van der Waals surface area contributed by atoms with Crippen LogP contribution in [-0.4, -0.2) is 0 Å². The second kappa shape index (κ2) is 7.49. The first-order valence-corrected chi connectivity index (χ1v) is 4.13. The molecular weight excluding hydrogens is 310 g/mol. The summed E-state index contributed by atoms with van der Waals surface area (Å²) in [7, 11) is 0. The Labute approximate surface area is 122 Å². The molecule has 2 rings (SSSR count). The van der Waals surface area contributed by atoms with E-state index < -0.39 is 0 Å². The fourth-order valence-electron chi connectivity index (χ4n) is 1.53. The molecule has 1 nitrogen and oxygen atoms in total. The molecule has 1 unspecified atom stereocenters. The fourth-order valence-corrected chi connectivity index (χ4v) is 1.53. The number of hydrogen-bond donors (Lipinski definition) is 0. The predicted molar refractivity (Wildman–Crippen MR) is 48.3 cm³/mol. The zero-order valence-electron chi connectivity index (χ0n) is 8.55. The van der Waals surface area contributed by atoms with Crippen LogP contribution in [0.3, 0.4) is 0 Å². The zero-order chi connectivity index (χ0) is 8.55. The van der Waals surface area contributed by atoms with E-state index in [1.807, 2.05) is 12.1 Å². The van der Waals surface area contributed by atoms with Crippen LogP contribution in [0.5, 0.6) is 0 Å². The first-order valence-electron chi connectivity index (χ1n) is 4.13. The molecule has 4 heteroatoms. The van der Waals surface area contributed by atoms with Gasteiger partial charge in [-0.05, 0) is 6.07 Å². The third-order valence-electron chi connectivity index (χ3n) is 2.03. The normalized spacial score (nSPS) is 17.9. The van der Waals surface area contributed by atoms with Gasteiger partial charge in [0.2, 0.25) is 0 Å². The molecule has 0 amide bonds. The Morgan fingerprint density at radius 2 is 2.00 bits per heavy atom. The molecule has 1 heterocycles. The molecule has 1 aliphatic carbocycles. The molecule has 0 fully saturated rings. The average Bonchev–Trinajstić information content (AvgIpc) is 2.58. The van der Waals surface area contributed by atoms with Crippen molar-refractivity contribution in [2.24, 2.45) is 5.92 Å². The largest absolute Gasteiger partial charge is 3.00 e. The molecule has 79 valence electrons. The number of hydrogen-bond acceptors (Lipinski definition) is 1. The van der Waals surface area contributed by atoms with Gasteiger partial charge in [-0.15, -0.1) is 6.08 Å². The quantitative estimate of drug-likeness (QED) is 0.505. The molecule has 0 aromatic carbocycles. The van der Waals surface area contributed by atoms with E-state index in [4.69, 9.17) is 4.42 Å². The van der Waals surface area contributed by atoms with Crippen molar-refractivity contribution < 1.29 is 55.4 Å². The van der Waals surface area contributed by atoms with Crippen LogP contribution < -0.4 is 24.8 Å². The average molecular weight is 321 g/mol. The van der Waals surface area contributed by atoms with Gasteiger partial charge in [0.05, 0.1) is 6.26 Å². The third-order valence-corrected chi connectivity index (χ3v) is 2.03. The van der Waals surface area contributed by atoms with Crippen molar-refractivity contribution in [3.8, 4) is 0 Å². The Balaban J connectivity index is 0. The van der Waals surface area contributed by atoms with Crippen molar-refractivity contribution >= 4 is 5.57 Å². The molecule has 0 saturated heterocycles. The van der Waals surface area contributed by atoms with E-state index in [2.05, 4.69) is 26.0 Å². The van der Waals surface area contributed by atoms with Gasteiger partial charge in [-0.25, -0.2) is 0 Å². The fraction of sp³-hybridized carbons (Fsp3) is 0.273. The zero-order valence-corrected chi connectivity index (χ0v) is 12.5. The number of rotatable bonds is 1. The van der Waals surface area contributed by atoms with Gasteiger partial charge in [-0.3, -0.25) is 0 Å². The summed E-state index contributed by atoms with van der Waals surface area (Å²) < 4.78 is 5.30. The topological polar surface area (TPSA) is 13.1 Å². The molecule has 0 spiro atoms. The summed E-state index contributed by atoms with van der Waals surface area (Å²) in [4.78, 5) is 0. The van der Waals surface area contributed by atoms with Crippen molar-refractivity contribution in [2.45, 2.75) is 13.8 Å². The minimum Gasteiger partial charge on any atom is -1.00 e. The third kappa shape index (κ3) is 3.94. The van der Waals surface area contributed by atoms with Crippen molar-refractivity contribution in [2.75, 3.05) is 0 Å². The molecule has 0 aliphatic heterocycles. The van der Waals surface area contributed by atoms with Crippen LogP contribution in [-0.2, 0) is 26.2 Å². The van der Waals surface area contributed by atoms with Crippen molar-refractivity contribution in [1.29, 1.82) is 0 Å². The number of furan rings is 1. The van der Waals surface area contributed by atoms with Crippen LogP contribution in [0.15, 0.2) is 34.5 Å². The smallest absolute Gasteiger partial charge is 1.00 e. The molecule has 1 aromatic rings. The second-order valence-corrected chi connectivity index (χ2v) is 3.13. The van der Waals surface area contributed by atoms with Crippen molar-refractivity contribution in [3.63, 3.8) is 0 Å². The Bertz CT molecular complexity index is 341. The molecule has 1 aliphatic rings. The van der Waals surface area contributed by atoms with Gasteiger partial charge < -0.3 is 29.2 Å². The summed E-state index contributed by atoms with van der Waals surface area (Å²) >= 11 is 0. The Morgan fingerprint density at radius 3 is 2.40 bits per heavy atom. The Morgan fingerprint density at radius 1 is 1.33 bits per heavy atom. The van der Waals surface area contributed by atoms with Crippen LogP contribution in [0.1, 0.15) is 19.6 Å². The van der Waals surface area contributed by atoms with E-state index in [0.29, 0.717) is 5.92 Å². The van der Waals surface area contributed by atoms with Crippen molar-refractivity contribution in [1.82, 2.24) is 0 Å². The van der Waals surface area contributed by atoms with Crippen LogP contribution in [0.25, 0.3) is 5.57 Å². The van der Waals surface area contributed by atoms with Crippen LogP contribution in [0, 0.1) is 12.0 Å². The molecule has 0 bridgehead atoms. The summed E-state index contributed by atoms with van der Waals surface area (Å²) in [5, 5.41) is 0. The monoisotopic (exact) mass is 319 g/mol. The van der Waals surface area contributed by atoms with Gasteiger partial charge in [0.1, 0.15) is 0 Å². The minimum absolute atomic E-state index is 0. The summed E-state index contributed by atoms with van der Waals surface area (Å²) in [6.07, 6.45) is 7.22. The van der Waals surface area contributed by atoms with Gasteiger partial charge in [0.25, 0.3) is 0 Å². The van der Waals surface area contributed by atoms with Crippen LogP contribution in [0.4, 0.5) is 0 Å². The summed E-state index contributed by atoms with van der Waals surface area (Å²) in [5.74, 6) is 1.35. The van der Waals surface area contributed by atoms with Gasteiger partial charge in [-0.2, -0.15) is 17.2 Å². The number of allylic oxidation sites excluding steroid dienone is 4. The summed E-state index contributed by atoms with van der Waals surface area (Å²) in [5.41, 5.74) is 2.38. The molecule has 1 aromatic heterocycles.